The van der Waals surface area contributed by atoms with Gasteiger partial charge >= 0.3 is 12.0 Å². The second kappa shape index (κ2) is 6.19. The molecule has 21 heavy (non-hydrogen) atoms. The number of aromatic carboxylic acids is 1. The first-order chi connectivity index (χ1) is 9.97. The first-order valence-corrected chi connectivity index (χ1v) is 6.06. The van der Waals surface area contributed by atoms with Crippen molar-refractivity contribution in [1.82, 2.24) is 4.98 Å². The third-order valence-electron chi connectivity index (χ3n) is 2.44. The van der Waals surface area contributed by atoms with E-state index in [1.807, 2.05) is 0 Å². The number of benzene rings is 1. The van der Waals surface area contributed by atoms with Gasteiger partial charge in [-0.3, -0.25) is 0 Å². The van der Waals surface area contributed by atoms with Gasteiger partial charge in [-0.05, 0) is 30.3 Å². The number of nitrogens with one attached hydrogen (secondary N) is 2. The first-order valence-electron chi connectivity index (χ1n) is 5.69. The van der Waals surface area contributed by atoms with Gasteiger partial charge in [0.25, 0.3) is 0 Å². The van der Waals surface area contributed by atoms with Gasteiger partial charge in [-0.25, -0.2) is 19.0 Å². The lowest BCUT2D eigenvalue weighted by molar-refractivity contribution is 0.0691. The molecule has 0 bridgehead atoms. The van der Waals surface area contributed by atoms with Crippen LogP contribution in [0.3, 0.4) is 0 Å². The quantitative estimate of drug-likeness (QED) is 0.812. The number of urea groups is 1. The highest BCUT2D eigenvalue weighted by molar-refractivity contribution is 6.30. The summed E-state index contributed by atoms with van der Waals surface area (Å²) in [6.07, 6.45) is 1.28. The Morgan fingerprint density at radius 2 is 1.90 bits per heavy atom. The number of nitrogens with zero attached hydrogens (tertiary/aromatic N) is 1. The molecule has 8 heteroatoms. The summed E-state index contributed by atoms with van der Waals surface area (Å²) in [6, 6.07) is 5.69. The molecule has 0 aliphatic heterocycles. The van der Waals surface area contributed by atoms with Gasteiger partial charge < -0.3 is 15.7 Å². The van der Waals surface area contributed by atoms with Crippen molar-refractivity contribution in [2.45, 2.75) is 0 Å². The van der Waals surface area contributed by atoms with Gasteiger partial charge in [-0.2, -0.15) is 0 Å². The van der Waals surface area contributed by atoms with E-state index in [2.05, 4.69) is 15.6 Å². The Kier molecular flexibility index (Phi) is 4.34. The topological polar surface area (TPSA) is 91.3 Å². The van der Waals surface area contributed by atoms with E-state index < -0.39 is 17.8 Å². The molecular formula is C13H9ClFN3O3. The molecule has 1 heterocycles. The van der Waals surface area contributed by atoms with Crippen LogP contribution in [0.1, 0.15) is 10.5 Å². The maximum atomic E-state index is 13.5. The van der Waals surface area contributed by atoms with Crippen LogP contribution in [0.2, 0.25) is 5.02 Å². The molecular weight excluding hydrogens is 301 g/mol. The van der Waals surface area contributed by atoms with Crippen LogP contribution < -0.4 is 10.6 Å². The molecule has 1 aromatic carbocycles. The minimum absolute atomic E-state index is 0.00932. The summed E-state index contributed by atoms with van der Waals surface area (Å²) in [5, 5.41) is 13.7. The number of carbonyl (C=O) groups excluding carboxylic acids is 1. The average Bonchev–Trinajstić information content (AvgIpc) is 2.43. The van der Waals surface area contributed by atoms with Gasteiger partial charge in [0.1, 0.15) is 5.82 Å². The van der Waals surface area contributed by atoms with Gasteiger partial charge in [-0.1, -0.05) is 11.6 Å². The predicted molar refractivity (Wildman–Crippen MR) is 75.2 cm³/mol. The lowest BCUT2D eigenvalue weighted by Crippen LogP contribution is -2.22. The van der Waals surface area contributed by atoms with Crippen LogP contribution >= 0.6 is 11.6 Å². The number of carboxylic acid groups (broad SMARTS) is 1. The van der Waals surface area contributed by atoms with Gasteiger partial charge in [-0.15, -0.1) is 0 Å². The van der Waals surface area contributed by atoms with Gasteiger partial charge in [0, 0.05) is 11.2 Å². The smallest absolute Gasteiger partial charge is 0.356 e. The number of hydrogen-bond donors (Lipinski definition) is 3. The lowest BCUT2D eigenvalue weighted by atomic mass is 10.3. The average molecular weight is 310 g/mol. The third-order valence-corrected chi connectivity index (χ3v) is 2.67. The number of pyridine rings is 1. The molecule has 3 N–H and O–H groups in total. The van der Waals surface area contributed by atoms with Crippen molar-refractivity contribution < 1.29 is 19.1 Å². The molecule has 108 valence electrons. The fraction of sp³-hybridized carbons (Fsp3) is 0. The summed E-state index contributed by atoms with van der Waals surface area (Å²) in [7, 11) is 0. The van der Waals surface area contributed by atoms with Gasteiger partial charge in [0.15, 0.2) is 5.69 Å². The molecule has 2 amide bonds. The zero-order chi connectivity index (χ0) is 15.4. The Bertz CT molecular complexity index is 709. The van der Waals surface area contributed by atoms with Crippen molar-refractivity contribution in [2.75, 3.05) is 10.6 Å². The van der Waals surface area contributed by atoms with E-state index in [1.165, 1.54) is 30.5 Å². The van der Waals surface area contributed by atoms with E-state index >= 15 is 0 Å². The maximum absolute atomic E-state index is 13.5. The van der Waals surface area contributed by atoms with Crippen molar-refractivity contribution in [3.8, 4) is 0 Å². The number of carbonyl (C=O) groups is 2. The molecule has 2 rings (SSSR count). The highest BCUT2D eigenvalue weighted by Gasteiger charge is 2.14. The molecule has 0 saturated carbocycles. The summed E-state index contributed by atoms with van der Waals surface area (Å²) in [4.78, 5) is 26.3. The van der Waals surface area contributed by atoms with Crippen LogP contribution in [0.15, 0.2) is 36.5 Å². The number of amides is 2. The predicted octanol–water partition coefficient (Wildman–Crippen LogP) is 3.22. The van der Waals surface area contributed by atoms with Crippen molar-refractivity contribution in [1.29, 1.82) is 0 Å². The fourth-order valence-corrected chi connectivity index (χ4v) is 1.72. The largest absolute Gasteiger partial charge is 0.476 e. The van der Waals surface area contributed by atoms with Crippen molar-refractivity contribution >= 4 is 35.0 Å². The minimum Gasteiger partial charge on any atom is -0.476 e. The molecule has 0 aliphatic carbocycles. The summed E-state index contributed by atoms with van der Waals surface area (Å²) in [5.74, 6) is -1.96. The van der Waals surface area contributed by atoms with E-state index in [4.69, 9.17) is 16.7 Å². The molecule has 0 radical (unpaired) electrons. The van der Waals surface area contributed by atoms with Crippen LogP contribution in [-0.2, 0) is 0 Å². The minimum atomic E-state index is -1.29. The number of halogens is 2. The number of anilines is 2. The molecule has 0 atom stereocenters. The summed E-state index contributed by atoms with van der Waals surface area (Å²) in [5.41, 5.74) is -0.454. The zero-order valence-electron chi connectivity index (χ0n) is 10.4. The van der Waals surface area contributed by atoms with Crippen molar-refractivity contribution in [3.63, 3.8) is 0 Å². The van der Waals surface area contributed by atoms with Gasteiger partial charge in [0.2, 0.25) is 0 Å². The monoisotopic (exact) mass is 309 g/mol. The number of hydrogen-bond acceptors (Lipinski definition) is 3. The Morgan fingerprint density at radius 1 is 1.19 bits per heavy atom. The molecule has 0 aliphatic rings. The highest BCUT2D eigenvalue weighted by Crippen LogP contribution is 2.20. The summed E-state index contributed by atoms with van der Waals surface area (Å²) >= 11 is 5.70. The van der Waals surface area contributed by atoms with Crippen molar-refractivity contribution in [3.05, 3.63) is 53.1 Å². The second-order valence-corrected chi connectivity index (χ2v) is 4.34. The summed E-state index contributed by atoms with van der Waals surface area (Å²) < 4.78 is 13.5. The molecule has 0 spiro atoms. The van der Waals surface area contributed by atoms with E-state index in [-0.39, 0.29) is 22.1 Å². The Labute approximate surface area is 123 Å². The molecule has 1 aromatic heterocycles. The number of carboxylic acids is 1. The van der Waals surface area contributed by atoms with Crippen molar-refractivity contribution in [2.24, 2.45) is 0 Å². The molecule has 0 saturated heterocycles. The van der Waals surface area contributed by atoms with Crippen LogP contribution in [0, 0.1) is 5.82 Å². The first kappa shape index (κ1) is 14.7. The van der Waals surface area contributed by atoms with Crippen LogP contribution in [-0.4, -0.2) is 22.1 Å². The standard InChI is InChI=1S/C13H9ClFN3O3/c14-7-3-4-8(15)10(6-7)18-13(21)17-9-2-1-5-16-11(9)12(19)20/h1-6H,(H,19,20)(H2,17,18,21). The van der Waals surface area contributed by atoms with Crippen LogP contribution in [0.4, 0.5) is 20.6 Å². The van der Waals surface area contributed by atoms with Crippen LogP contribution in [0.25, 0.3) is 0 Å². The fourth-order valence-electron chi connectivity index (χ4n) is 1.55. The normalized spacial score (nSPS) is 10.0. The Hall–Kier alpha value is -2.67. The van der Waals surface area contributed by atoms with Gasteiger partial charge in [0.05, 0.1) is 11.4 Å². The number of aromatic nitrogens is 1. The SMILES string of the molecule is O=C(Nc1cc(Cl)ccc1F)Nc1cccnc1C(=O)O. The highest BCUT2D eigenvalue weighted by atomic mass is 35.5. The maximum Gasteiger partial charge on any atom is 0.356 e. The van der Waals surface area contributed by atoms with E-state index in [1.54, 1.807) is 0 Å². The third kappa shape index (κ3) is 3.67. The molecule has 6 nitrogen and oxygen atoms in total. The van der Waals surface area contributed by atoms with E-state index in [9.17, 15) is 14.0 Å². The zero-order valence-corrected chi connectivity index (χ0v) is 11.2. The summed E-state index contributed by atoms with van der Waals surface area (Å²) in [6.45, 7) is 0. The van der Waals surface area contributed by atoms with Crippen LogP contribution in [0.5, 0.6) is 0 Å². The second-order valence-electron chi connectivity index (χ2n) is 3.91. The molecule has 0 fully saturated rings. The van der Waals surface area contributed by atoms with E-state index in [0.29, 0.717) is 0 Å². The Balaban J connectivity index is 2.16. The molecule has 0 unspecified atom stereocenters. The lowest BCUT2D eigenvalue weighted by Gasteiger charge is -2.10. The molecule has 2 aromatic rings. The Morgan fingerprint density at radius 3 is 2.62 bits per heavy atom. The number of rotatable bonds is 3. The van der Waals surface area contributed by atoms with E-state index in [0.717, 1.165) is 6.07 Å².